The standard InChI is InChI=1S/C20H23N7O2/c28-20(15-6-9-19(23-14-15)29-16-4-1-2-5-16)22-12-11-21-17-7-8-18(26-25-17)27-13-3-10-24-27/h3,6-10,13-14,16H,1-2,4-5,11-12H2,(H,21,25)(H,22,28). The Morgan fingerprint density at radius 1 is 1.14 bits per heavy atom. The molecule has 9 heteroatoms. The second-order valence-electron chi connectivity index (χ2n) is 6.82. The van der Waals surface area contributed by atoms with E-state index in [-0.39, 0.29) is 12.0 Å². The number of nitrogens with one attached hydrogen (secondary N) is 2. The molecule has 0 radical (unpaired) electrons. The van der Waals surface area contributed by atoms with E-state index in [1.54, 1.807) is 35.4 Å². The highest BCUT2D eigenvalue weighted by Gasteiger charge is 2.17. The molecule has 150 valence electrons. The van der Waals surface area contributed by atoms with Gasteiger partial charge in [-0.3, -0.25) is 4.79 Å². The largest absolute Gasteiger partial charge is 0.474 e. The van der Waals surface area contributed by atoms with Crippen LogP contribution in [0.5, 0.6) is 5.88 Å². The normalized spacial score (nSPS) is 13.9. The molecule has 3 aromatic heterocycles. The average Bonchev–Trinajstić information content (AvgIpc) is 3.46. The molecule has 3 heterocycles. The lowest BCUT2D eigenvalue weighted by molar-refractivity contribution is 0.0954. The third-order valence-corrected chi connectivity index (χ3v) is 4.69. The number of aromatic nitrogens is 5. The van der Waals surface area contributed by atoms with Crippen molar-refractivity contribution in [3.8, 4) is 11.7 Å². The molecule has 1 saturated carbocycles. The Morgan fingerprint density at radius 3 is 2.72 bits per heavy atom. The SMILES string of the molecule is O=C(NCCNc1ccc(-n2cccn2)nn1)c1ccc(OC2CCCC2)nc1. The molecule has 0 atom stereocenters. The fourth-order valence-corrected chi connectivity index (χ4v) is 3.18. The van der Waals surface area contributed by atoms with Gasteiger partial charge in [-0.05, 0) is 49.9 Å². The summed E-state index contributed by atoms with van der Waals surface area (Å²) in [4.78, 5) is 16.5. The predicted octanol–water partition coefficient (Wildman–Crippen LogP) is 2.22. The van der Waals surface area contributed by atoms with Gasteiger partial charge in [-0.25, -0.2) is 9.67 Å². The number of anilines is 1. The summed E-state index contributed by atoms with van der Waals surface area (Å²) in [7, 11) is 0. The Balaban J connectivity index is 1.19. The highest BCUT2D eigenvalue weighted by molar-refractivity contribution is 5.93. The zero-order valence-electron chi connectivity index (χ0n) is 16.0. The first-order valence-corrected chi connectivity index (χ1v) is 9.76. The average molecular weight is 393 g/mol. The van der Waals surface area contributed by atoms with Crippen molar-refractivity contribution in [1.29, 1.82) is 0 Å². The van der Waals surface area contributed by atoms with Gasteiger partial charge in [0.25, 0.3) is 5.91 Å². The second kappa shape index (κ2) is 9.13. The molecule has 4 rings (SSSR count). The zero-order valence-corrected chi connectivity index (χ0v) is 16.0. The van der Waals surface area contributed by atoms with E-state index in [1.807, 2.05) is 18.2 Å². The minimum absolute atomic E-state index is 0.174. The van der Waals surface area contributed by atoms with Crippen molar-refractivity contribution in [2.45, 2.75) is 31.8 Å². The van der Waals surface area contributed by atoms with Crippen LogP contribution >= 0.6 is 0 Å². The number of nitrogens with zero attached hydrogens (tertiary/aromatic N) is 5. The highest BCUT2D eigenvalue weighted by atomic mass is 16.5. The summed E-state index contributed by atoms with van der Waals surface area (Å²) < 4.78 is 7.45. The van der Waals surface area contributed by atoms with E-state index in [2.05, 4.69) is 30.9 Å². The number of hydrogen-bond donors (Lipinski definition) is 2. The molecule has 3 aromatic rings. The summed E-state index contributed by atoms with van der Waals surface area (Å²) in [5.74, 6) is 1.67. The molecule has 0 aliphatic heterocycles. The summed E-state index contributed by atoms with van der Waals surface area (Å²) in [5.41, 5.74) is 0.507. The lowest BCUT2D eigenvalue weighted by Gasteiger charge is -2.12. The highest BCUT2D eigenvalue weighted by Crippen LogP contribution is 2.22. The summed E-state index contributed by atoms with van der Waals surface area (Å²) in [6.07, 6.45) is 9.85. The van der Waals surface area contributed by atoms with Crippen molar-refractivity contribution in [3.63, 3.8) is 0 Å². The number of hydrogen-bond acceptors (Lipinski definition) is 7. The fraction of sp³-hybridized carbons (Fsp3) is 0.350. The van der Waals surface area contributed by atoms with Gasteiger partial charge in [-0.1, -0.05) is 0 Å². The molecule has 0 saturated heterocycles. The molecule has 29 heavy (non-hydrogen) atoms. The number of carbonyl (C=O) groups excluding carboxylic acids is 1. The maximum Gasteiger partial charge on any atom is 0.252 e. The Labute approximate surface area is 168 Å². The van der Waals surface area contributed by atoms with Crippen molar-refractivity contribution >= 4 is 11.7 Å². The third-order valence-electron chi connectivity index (χ3n) is 4.69. The van der Waals surface area contributed by atoms with Crippen molar-refractivity contribution < 1.29 is 9.53 Å². The summed E-state index contributed by atoms with van der Waals surface area (Å²) in [6.45, 7) is 0.972. The van der Waals surface area contributed by atoms with Gasteiger partial charge >= 0.3 is 0 Å². The van der Waals surface area contributed by atoms with Gasteiger partial charge in [-0.15, -0.1) is 10.2 Å². The molecule has 1 aliphatic carbocycles. The third kappa shape index (κ3) is 5.07. The fourth-order valence-electron chi connectivity index (χ4n) is 3.18. The van der Waals surface area contributed by atoms with Crippen LogP contribution in [0.3, 0.4) is 0 Å². The van der Waals surface area contributed by atoms with Crippen LogP contribution in [0.1, 0.15) is 36.0 Å². The monoisotopic (exact) mass is 393 g/mol. The Morgan fingerprint density at radius 2 is 2.03 bits per heavy atom. The van der Waals surface area contributed by atoms with E-state index >= 15 is 0 Å². The van der Waals surface area contributed by atoms with Crippen LogP contribution in [0, 0.1) is 0 Å². The van der Waals surface area contributed by atoms with E-state index in [0.29, 0.717) is 36.2 Å². The van der Waals surface area contributed by atoms with E-state index < -0.39 is 0 Å². The van der Waals surface area contributed by atoms with Crippen LogP contribution in [0.4, 0.5) is 5.82 Å². The first-order chi connectivity index (χ1) is 14.3. The molecular formula is C20H23N7O2. The second-order valence-corrected chi connectivity index (χ2v) is 6.82. The molecule has 0 spiro atoms. The lowest BCUT2D eigenvalue weighted by Crippen LogP contribution is -2.29. The van der Waals surface area contributed by atoms with Gasteiger partial charge in [0.05, 0.1) is 5.56 Å². The molecule has 0 aromatic carbocycles. The minimum Gasteiger partial charge on any atom is -0.474 e. The van der Waals surface area contributed by atoms with Gasteiger partial charge in [0.15, 0.2) is 5.82 Å². The molecular weight excluding hydrogens is 370 g/mol. The van der Waals surface area contributed by atoms with Crippen LogP contribution < -0.4 is 15.4 Å². The van der Waals surface area contributed by atoms with Crippen molar-refractivity contribution in [2.24, 2.45) is 0 Å². The quantitative estimate of drug-likeness (QED) is 0.565. The van der Waals surface area contributed by atoms with Crippen molar-refractivity contribution in [1.82, 2.24) is 30.3 Å². The van der Waals surface area contributed by atoms with Gasteiger partial charge in [0, 0.05) is 37.7 Å². The van der Waals surface area contributed by atoms with E-state index in [9.17, 15) is 4.79 Å². The predicted molar refractivity (Wildman–Crippen MR) is 107 cm³/mol. The maximum absolute atomic E-state index is 12.2. The van der Waals surface area contributed by atoms with E-state index in [0.717, 1.165) is 12.8 Å². The molecule has 1 amide bonds. The Hall–Kier alpha value is -3.49. The lowest BCUT2D eigenvalue weighted by atomic mass is 10.2. The molecule has 0 unspecified atom stereocenters. The maximum atomic E-state index is 12.2. The number of rotatable bonds is 8. The molecule has 1 fully saturated rings. The van der Waals surface area contributed by atoms with Crippen LogP contribution in [0.25, 0.3) is 5.82 Å². The van der Waals surface area contributed by atoms with E-state index in [4.69, 9.17) is 4.74 Å². The smallest absolute Gasteiger partial charge is 0.252 e. The molecule has 1 aliphatic rings. The number of ether oxygens (including phenoxy) is 1. The van der Waals surface area contributed by atoms with Gasteiger partial charge in [-0.2, -0.15) is 5.10 Å². The van der Waals surface area contributed by atoms with Gasteiger partial charge in [0.1, 0.15) is 11.9 Å². The Kier molecular flexibility index (Phi) is 5.94. The summed E-state index contributed by atoms with van der Waals surface area (Å²) in [6, 6.07) is 8.95. The van der Waals surface area contributed by atoms with Crippen molar-refractivity contribution in [3.05, 3.63) is 54.5 Å². The molecule has 9 nitrogen and oxygen atoms in total. The molecule has 2 N–H and O–H groups in total. The van der Waals surface area contributed by atoms with Crippen LogP contribution in [-0.4, -0.2) is 50.1 Å². The topological polar surface area (TPSA) is 107 Å². The zero-order chi connectivity index (χ0) is 19.9. The van der Waals surface area contributed by atoms with Gasteiger partial charge in [0.2, 0.25) is 5.88 Å². The Bertz CT molecular complexity index is 905. The first kappa shape index (κ1) is 18.9. The number of amides is 1. The minimum atomic E-state index is -0.174. The van der Waals surface area contributed by atoms with E-state index in [1.165, 1.54) is 12.8 Å². The van der Waals surface area contributed by atoms with Crippen LogP contribution in [0.2, 0.25) is 0 Å². The number of carbonyl (C=O) groups is 1. The van der Waals surface area contributed by atoms with Crippen LogP contribution in [-0.2, 0) is 0 Å². The van der Waals surface area contributed by atoms with Crippen molar-refractivity contribution in [2.75, 3.05) is 18.4 Å². The van der Waals surface area contributed by atoms with Crippen LogP contribution in [0.15, 0.2) is 48.9 Å². The molecule has 0 bridgehead atoms. The first-order valence-electron chi connectivity index (χ1n) is 9.76. The van der Waals surface area contributed by atoms with Gasteiger partial charge < -0.3 is 15.4 Å². The summed E-state index contributed by atoms with van der Waals surface area (Å²) in [5, 5.41) is 18.3. The number of pyridine rings is 1. The summed E-state index contributed by atoms with van der Waals surface area (Å²) >= 11 is 0.